The van der Waals surface area contributed by atoms with Crippen LogP contribution in [0.15, 0.2) is 60.3 Å². The van der Waals surface area contributed by atoms with Crippen molar-refractivity contribution in [2.75, 3.05) is 5.32 Å². The van der Waals surface area contributed by atoms with Gasteiger partial charge in [-0.2, -0.15) is 0 Å². The van der Waals surface area contributed by atoms with Gasteiger partial charge in [0.2, 0.25) is 0 Å². The lowest BCUT2D eigenvalue weighted by Gasteiger charge is -2.32. The molecule has 6 heteroatoms. The lowest BCUT2D eigenvalue weighted by Crippen LogP contribution is -2.32. The summed E-state index contributed by atoms with van der Waals surface area (Å²) in [5.74, 6) is -8.05. The van der Waals surface area contributed by atoms with Crippen molar-refractivity contribution in [2.45, 2.75) is 11.8 Å². The third kappa shape index (κ3) is 2.46. The van der Waals surface area contributed by atoms with Crippen molar-refractivity contribution in [3.8, 4) is 0 Å². The van der Waals surface area contributed by atoms with Crippen LogP contribution in [-0.4, -0.2) is 11.1 Å². The number of hydrogen-bond donors (Lipinski definition) is 2. The highest BCUT2D eigenvalue weighted by Gasteiger charge is 2.49. The summed E-state index contributed by atoms with van der Waals surface area (Å²) in [5, 5.41) is 12.0. The first kappa shape index (κ1) is 15.1. The van der Waals surface area contributed by atoms with E-state index in [1.54, 1.807) is 12.1 Å². The highest BCUT2D eigenvalue weighted by Crippen LogP contribution is 2.50. The molecule has 2 aromatic rings. The molecule has 1 heterocycles. The number of aliphatic carboxylic acids is 1. The molecule has 1 atom stereocenters. The maximum atomic E-state index is 15.0. The standard InChI is InChI=1S/C17H12F3NO2/c18-13-7-3-2-6-12(13)17(19,20)15-10-5-1-4-8-14(10)21-9-11(15)16(22)23/h1-9,15,21H,(H,22,23). The fourth-order valence-corrected chi connectivity index (χ4v) is 2.75. The van der Waals surface area contributed by atoms with Gasteiger partial charge in [0.1, 0.15) is 5.82 Å². The van der Waals surface area contributed by atoms with Gasteiger partial charge in [-0.15, -0.1) is 0 Å². The first-order chi connectivity index (χ1) is 10.9. The average molecular weight is 319 g/mol. The molecule has 0 bridgehead atoms. The van der Waals surface area contributed by atoms with Crippen LogP contribution in [0.5, 0.6) is 0 Å². The van der Waals surface area contributed by atoms with E-state index in [0.29, 0.717) is 5.69 Å². The summed E-state index contributed by atoms with van der Waals surface area (Å²) in [5.41, 5.74) is -0.857. The van der Waals surface area contributed by atoms with Crippen molar-refractivity contribution in [1.29, 1.82) is 0 Å². The number of carboxylic acids is 1. The molecule has 3 rings (SSSR count). The number of alkyl halides is 2. The third-order valence-corrected chi connectivity index (χ3v) is 3.81. The average Bonchev–Trinajstić information content (AvgIpc) is 2.53. The molecular weight excluding hydrogens is 307 g/mol. The number of fused-ring (bicyclic) bond motifs is 1. The number of nitrogens with one attached hydrogen (secondary N) is 1. The SMILES string of the molecule is O=C(O)C1=CNc2ccccc2C1C(F)(F)c1ccccc1F. The Kier molecular flexibility index (Phi) is 3.60. The quantitative estimate of drug-likeness (QED) is 0.895. The number of rotatable bonds is 3. The lowest BCUT2D eigenvalue weighted by atomic mass is 9.80. The van der Waals surface area contributed by atoms with E-state index in [4.69, 9.17) is 0 Å². The van der Waals surface area contributed by atoms with Gasteiger partial charge in [0.05, 0.1) is 17.1 Å². The van der Waals surface area contributed by atoms with Gasteiger partial charge in [0.15, 0.2) is 0 Å². The summed E-state index contributed by atoms with van der Waals surface area (Å²) < 4.78 is 43.9. The summed E-state index contributed by atoms with van der Waals surface area (Å²) >= 11 is 0. The molecule has 0 aliphatic carbocycles. The molecule has 23 heavy (non-hydrogen) atoms. The van der Waals surface area contributed by atoms with Crippen LogP contribution in [0.25, 0.3) is 0 Å². The zero-order valence-corrected chi connectivity index (χ0v) is 11.8. The van der Waals surface area contributed by atoms with Crippen molar-refractivity contribution >= 4 is 11.7 Å². The van der Waals surface area contributed by atoms with Crippen LogP contribution in [0.4, 0.5) is 18.9 Å². The Hall–Kier alpha value is -2.76. The molecule has 0 aromatic heterocycles. The van der Waals surface area contributed by atoms with Crippen LogP contribution in [0, 0.1) is 5.82 Å². The number of halogens is 3. The van der Waals surface area contributed by atoms with Gasteiger partial charge in [-0.1, -0.05) is 36.4 Å². The Balaban J connectivity index is 2.21. The topological polar surface area (TPSA) is 49.3 Å². The maximum Gasteiger partial charge on any atom is 0.333 e. The Morgan fingerprint density at radius 3 is 2.43 bits per heavy atom. The lowest BCUT2D eigenvalue weighted by molar-refractivity contribution is -0.134. The molecule has 118 valence electrons. The van der Waals surface area contributed by atoms with E-state index in [0.717, 1.165) is 18.3 Å². The molecule has 1 aliphatic heterocycles. The highest BCUT2D eigenvalue weighted by atomic mass is 19.3. The van der Waals surface area contributed by atoms with E-state index in [-0.39, 0.29) is 5.56 Å². The van der Waals surface area contributed by atoms with Crippen LogP contribution in [0.1, 0.15) is 17.0 Å². The second-order valence-electron chi connectivity index (χ2n) is 5.17. The van der Waals surface area contributed by atoms with E-state index in [1.807, 2.05) is 0 Å². The van der Waals surface area contributed by atoms with Gasteiger partial charge in [-0.05, 0) is 17.7 Å². The fraction of sp³-hybridized carbons (Fsp3) is 0.118. The van der Waals surface area contributed by atoms with Crippen LogP contribution >= 0.6 is 0 Å². The zero-order valence-electron chi connectivity index (χ0n) is 11.8. The molecule has 1 unspecified atom stereocenters. The van der Waals surface area contributed by atoms with Crippen LogP contribution < -0.4 is 5.32 Å². The fourth-order valence-electron chi connectivity index (χ4n) is 2.75. The first-order valence-electron chi connectivity index (χ1n) is 6.84. The number of para-hydroxylation sites is 1. The predicted molar refractivity (Wildman–Crippen MR) is 78.8 cm³/mol. The number of carbonyl (C=O) groups is 1. The molecule has 2 aromatic carbocycles. The molecule has 0 amide bonds. The molecule has 3 nitrogen and oxygen atoms in total. The third-order valence-electron chi connectivity index (χ3n) is 3.81. The number of anilines is 1. The summed E-state index contributed by atoms with van der Waals surface area (Å²) in [7, 11) is 0. The van der Waals surface area contributed by atoms with E-state index in [9.17, 15) is 14.3 Å². The Bertz CT molecular complexity index is 802. The Morgan fingerprint density at radius 1 is 1.09 bits per heavy atom. The Morgan fingerprint density at radius 2 is 1.74 bits per heavy atom. The monoisotopic (exact) mass is 319 g/mol. The van der Waals surface area contributed by atoms with Gasteiger partial charge in [-0.3, -0.25) is 0 Å². The molecule has 2 N–H and O–H groups in total. The summed E-state index contributed by atoms with van der Waals surface area (Å²) in [6.07, 6.45) is 1.03. The van der Waals surface area contributed by atoms with Crippen LogP contribution in [-0.2, 0) is 10.7 Å². The first-order valence-corrected chi connectivity index (χ1v) is 6.84. The molecule has 0 spiro atoms. The van der Waals surface area contributed by atoms with E-state index in [1.165, 1.54) is 24.3 Å². The van der Waals surface area contributed by atoms with Gasteiger partial charge in [-0.25, -0.2) is 18.0 Å². The summed E-state index contributed by atoms with van der Waals surface area (Å²) in [4.78, 5) is 11.4. The normalized spacial score (nSPS) is 17.0. The van der Waals surface area contributed by atoms with Crippen molar-refractivity contribution in [3.63, 3.8) is 0 Å². The molecular formula is C17H12F3NO2. The van der Waals surface area contributed by atoms with Crippen molar-refractivity contribution in [3.05, 3.63) is 77.2 Å². The van der Waals surface area contributed by atoms with Gasteiger partial charge in [0.25, 0.3) is 5.92 Å². The van der Waals surface area contributed by atoms with Gasteiger partial charge >= 0.3 is 5.97 Å². The summed E-state index contributed by atoms with van der Waals surface area (Å²) in [6, 6.07) is 10.7. The van der Waals surface area contributed by atoms with Crippen molar-refractivity contribution < 1.29 is 23.1 Å². The van der Waals surface area contributed by atoms with E-state index in [2.05, 4.69) is 5.32 Å². The second-order valence-corrected chi connectivity index (χ2v) is 5.17. The minimum atomic E-state index is -3.71. The summed E-state index contributed by atoms with van der Waals surface area (Å²) in [6.45, 7) is 0. The predicted octanol–water partition coefficient (Wildman–Crippen LogP) is 4.10. The van der Waals surface area contributed by atoms with Crippen molar-refractivity contribution in [1.82, 2.24) is 0 Å². The van der Waals surface area contributed by atoms with Crippen LogP contribution in [0.3, 0.4) is 0 Å². The molecule has 0 fully saturated rings. The number of carboxylic acid groups (broad SMARTS) is 1. The highest BCUT2D eigenvalue weighted by molar-refractivity contribution is 5.91. The largest absolute Gasteiger partial charge is 0.478 e. The molecule has 1 aliphatic rings. The molecule has 0 saturated heterocycles. The zero-order chi connectivity index (χ0) is 16.6. The molecule has 0 radical (unpaired) electrons. The minimum Gasteiger partial charge on any atom is -0.478 e. The number of benzene rings is 2. The second kappa shape index (κ2) is 5.46. The molecule has 0 saturated carbocycles. The minimum absolute atomic E-state index is 0.112. The van der Waals surface area contributed by atoms with Gasteiger partial charge < -0.3 is 10.4 Å². The smallest absolute Gasteiger partial charge is 0.333 e. The number of hydrogen-bond acceptors (Lipinski definition) is 2. The van der Waals surface area contributed by atoms with Gasteiger partial charge in [0, 0.05) is 11.9 Å². The van der Waals surface area contributed by atoms with E-state index < -0.39 is 34.8 Å². The maximum absolute atomic E-state index is 15.0. The van der Waals surface area contributed by atoms with Crippen molar-refractivity contribution in [2.24, 2.45) is 0 Å². The van der Waals surface area contributed by atoms with E-state index >= 15 is 8.78 Å². The Labute approximate surface area is 130 Å². The van der Waals surface area contributed by atoms with Crippen LogP contribution in [0.2, 0.25) is 0 Å².